The van der Waals surface area contributed by atoms with Crippen LogP contribution < -0.4 is 9.47 Å². The Bertz CT molecular complexity index is 557. The first kappa shape index (κ1) is 12.8. The number of rotatable bonds is 4. The maximum absolute atomic E-state index is 14.1. The Morgan fingerprint density at radius 3 is 2.67 bits per heavy atom. The topological polar surface area (TPSA) is 36.3 Å². The van der Waals surface area contributed by atoms with Gasteiger partial charge in [0.2, 0.25) is 0 Å². The van der Waals surface area contributed by atoms with Gasteiger partial charge in [0.05, 0.1) is 14.2 Å². The number of halogens is 1. The van der Waals surface area contributed by atoms with Crippen LogP contribution in [0, 0.1) is 5.82 Å². The van der Waals surface area contributed by atoms with Gasteiger partial charge in [0, 0.05) is 24.5 Å². The molecule has 2 rings (SSSR count). The molecule has 1 aromatic heterocycles. The number of ether oxygens (including phenoxy) is 2. The predicted octanol–water partition coefficient (Wildman–Crippen LogP) is 2.75. The van der Waals surface area contributed by atoms with Gasteiger partial charge in [0.1, 0.15) is 17.2 Å². The second kappa shape index (κ2) is 5.30. The van der Waals surface area contributed by atoms with Crippen LogP contribution in [-0.4, -0.2) is 30.0 Å². The van der Waals surface area contributed by atoms with E-state index in [0.717, 1.165) is 0 Å². The summed E-state index contributed by atoms with van der Waals surface area (Å²) in [4.78, 5) is 4.14. The van der Waals surface area contributed by atoms with E-state index < -0.39 is 5.82 Å². The first-order valence-corrected chi connectivity index (χ1v) is 6.43. The van der Waals surface area contributed by atoms with Gasteiger partial charge in [-0.25, -0.2) is 9.37 Å². The van der Waals surface area contributed by atoms with Crippen molar-refractivity contribution < 1.29 is 13.9 Å². The lowest BCUT2D eigenvalue weighted by molar-refractivity contribution is 0.386. The van der Waals surface area contributed by atoms with E-state index in [9.17, 15) is 4.39 Å². The molecule has 0 saturated heterocycles. The standard InChI is InChI=1S/C12H13FN2O2S/c1-16-8-6-9(13)11(10(7-8)17-2)15-5-4-14-12(15)18-3/h4-7H,1-3H3. The van der Waals surface area contributed by atoms with E-state index in [1.807, 2.05) is 6.26 Å². The molecule has 0 spiro atoms. The molecule has 96 valence electrons. The molecular formula is C12H13FN2O2S. The summed E-state index contributed by atoms with van der Waals surface area (Å²) in [6, 6.07) is 2.96. The second-order valence-corrected chi connectivity index (χ2v) is 4.22. The van der Waals surface area contributed by atoms with Gasteiger partial charge in [-0.3, -0.25) is 4.57 Å². The van der Waals surface area contributed by atoms with Gasteiger partial charge in [0.25, 0.3) is 0 Å². The van der Waals surface area contributed by atoms with Crippen molar-refractivity contribution in [3.8, 4) is 17.2 Å². The van der Waals surface area contributed by atoms with Crippen LogP contribution in [0.3, 0.4) is 0 Å². The molecule has 0 aliphatic heterocycles. The van der Waals surface area contributed by atoms with Crippen molar-refractivity contribution in [3.63, 3.8) is 0 Å². The number of benzene rings is 1. The number of imidazole rings is 1. The smallest absolute Gasteiger partial charge is 0.172 e. The molecule has 0 fully saturated rings. The van der Waals surface area contributed by atoms with Crippen molar-refractivity contribution in [2.45, 2.75) is 5.16 Å². The zero-order chi connectivity index (χ0) is 13.1. The molecule has 0 amide bonds. The lowest BCUT2D eigenvalue weighted by atomic mass is 10.2. The normalized spacial score (nSPS) is 10.4. The number of thioether (sulfide) groups is 1. The quantitative estimate of drug-likeness (QED) is 0.799. The molecule has 0 saturated carbocycles. The van der Waals surface area contributed by atoms with E-state index in [2.05, 4.69) is 4.98 Å². The summed E-state index contributed by atoms with van der Waals surface area (Å²) >= 11 is 1.43. The van der Waals surface area contributed by atoms with Crippen molar-refractivity contribution in [2.24, 2.45) is 0 Å². The minimum atomic E-state index is -0.417. The Kier molecular flexibility index (Phi) is 3.76. The Morgan fingerprint density at radius 2 is 2.06 bits per heavy atom. The number of hydrogen-bond donors (Lipinski definition) is 0. The Balaban J connectivity index is 2.63. The molecule has 18 heavy (non-hydrogen) atoms. The van der Waals surface area contributed by atoms with Crippen molar-refractivity contribution in [1.29, 1.82) is 0 Å². The van der Waals surface area contributed by atoms with E-state index in [0.29, 0.717) is 22.3 Å². The maximum Gasteiger partial charge on any atom is 0.172 e. The summed E-state index contributed by atoms with van der Waals surface area (Å²) in [6.45, 7) is 0. The average molecular weight is 268 g/mol. The van der Waals surface area contributed by atoms with Crippen molar-refractivity contribution in [2.75, 3.05) is 20.5 Å². The minimum absolute atomic E-state index is 0.333. The molecule has 0 unspecified atom stereocenters. The molecule has 0 bridgehead atoms. The van der Waals surface area contributed by atoms with Gasteiger partial charge in [-0.05, 0) is 6.26 Å². The van der Waals surface area contributed by atoms with E-state index in [-0.39, 0.29) is 0 Å². The Morgan fingerprint density at radius 1 is 1.28 bits per heavy atom. The van der Waals surface area contributed by atoms with Gasteiger partial charge < -0.3 is 9.47 Å². The van der Waals surface area contributed by atoms with Gasteiger partial charge in [0.15, 0.2) is 11.0 Å². The summed E-state index contributed by atoms with van der Waals surface area (Å²) in [5.41, 5.74) is 0.333. The highest BCUT2D eigenvalue weighted by Gasteiger charge is 2.16. The van der Waals surface area contributed by atoms with Crippen LogP contribution in [-0.2, 0) is 0 Å². The fraction of sp³-hybridized carbons (Fsp3) is 0.250. The van der Waals surface area contributed by atoms with Crippen LogP contribution in [0.2, 0.25) is 0 Å². The molecule has 0 aliphatic rings. The van der Waals surface area contributed by atoms with Gasteiger partial charge in [-0.2, -0.15) is 0 Å². The van der Waals surface area contributed by atoms with Crippen LogP contribution in [0.4, 0.5) is 4.39 Å². The Labute approximate surface area is 109 Å². The number of hydrogen-bond acceptors (Lipinski definition) is 4. The SMILES string of the molecule is COc1cc(F)c(-n2ccnc2SC)c(OC)c1. The number of nitrogens with zero attached hydrogens (tertiary/aromatic N) is 2. The molecule has 1 aromatic carbocycles. The third-order valence-electron chi connectivity index (χ3n) is 2.49. The number of aromatic nitrogens is 2. The molecule has 6 heteroatoms. The number of methoxy groups -OCH3 is 2. The van der Waals surface area contributed by atoms with Crippen LogP contribution in [0.1, 0.15) is 0 Å². The molecule has 0 radical (unpaired) electrons. The van der Waals surface area contributed by atoms with E-state index in [1.165, 1.54) is 32.0 Å². The third kappa shape index (κ3) is 2.15. The summed E-state index contributed by atoms with van der Waals surface area (Å²) in [6.07, 6.45) is 5.20. The molecule has 1 heterocycles. The highest BCUT2D eigenvalue weighted by molar-refractivity contribution is 7.98. The highest BCUT2D eigenvalue weighted by atomic mass is 32.2. The Hall–Kier alpha value is -1.69. The zero-order valence-corrected chi connectivity index (χ0v) is 11.1. The monoisotopic (exact) mass is 268 g/mol. The zero-order valence-electron chi connectivity index (χ0n) is 10.3. The van der Waals surface area contributed by atoms with E-state index >= 15 is 0 Å². The highest BCUT2D eigenvalue weighted by Crippen LogP contribution is 2.33. The van der Waals surface area contributed by atoms with Gasteiger partial charge in [-0.15, -0.1) is 0 Å². The molecule has 0 aliphatic carbocycles. The summed E-state index contributed by atoms with van der Waals surface area (Å²) < 4.78 is 26.0. The summed E-state index contributed by atoms with van der Waals surface area (Å²) in [7, 11) is 2.98. The maximum atomic E-state index is 14.1. The minimum Gasteiger partial charge on any atom is -0.497 e. The lowest BCUT2D eigenvalue weighted by Crippen LogP contribution is -2.02. The summed E-state index contributed by atoms with van der Waals surface area (Å²) in [5.74, 6) is 0.401. The van der Waals surface area contributed by atoms with Crippen molar-refractivity contribution in [3.05, 3.63) is 30.3 Å². The predicted molar refractivity (Wildman–Crippen MR) is 68.4 cm³/mol. The molecule has 0 atom stereocenters. The summed E-state index contributed by atoms with van der Waals surface area (Å²) in [5, 5.41) is 0.692. The largest absolute Gasteiger partial charge is 0.497 e. The van der Waals surface area contributed by atoms with Crippen molar-refractivity contribution >= 4 is 11.8 Å². The van der Waals surface area contributed by atoms with Gasteiger partial charge >= 0.3 is 0 Å². The average Bonchev–Trinajstić information content (AvgIpc) is 2.85. The fourth-order valence-electron chi connectivity index (χ4n) is 1.67. The van der Waals surface area contributed by atoms with Crippen LogP contribution >= 0.6 is 11.8 Å². The van der Waals surface area contributed by atoms with Crippen LogP contribution in [0.5, 0.6) is 11.5 Å². The molecule has 2 aromatic rings. The second-order valence-electron chi connectivity index (χ2n) is 3.44. The molecule has 0 N–H and O–H groups in total. The third-order valence-corrected chi connectivity index (χ3v) is 3.16. The van der Waals surface area contributed by atoms with Crippen molar-refractivity contribution in [1.82, 2.24) is 9.55 Å². The van der Waals surface area contributed by atoms with Crippen LogP contribution in [0.25, 0.3) is 5.69 Å². The van der Waals surface area contributed by atoms with E-state index in [1.54, 1.807) is 23.0 Å². The molecule has 4 nitrogen and oxygen atoms in total. The van der Waals surface area contributed by atoms with Crippen LogP contribution in [0.15, 0.2) is 29.7 Å². The van der Waals surface area contributed by atoms with Gasteiger partial charge in [-0.1, -0.05) is 11.8 Å². The first-order chi connectivity index (χ1) is 8.71. The fourth-order valence-corrected chi connectivity index (χ4v) is 2.18. The first-order valence-electron chi connectivity index (χ1n) is 5.20. The lowest BCUT2D eigenvalue weighted by Gasteiger charge is -2.13. The molecular weight excluding hydrogens is 255 g/mol. The van der Waals surface area contributed by atoms with E-state index in [4.69, 9.17) is 9.47 Å².